The van der Waals surface area contributed by atoms with Gasteiger partial charge in [-0.05, 0) is 0 Å². The molecule has 0 spiro atoms. The number of nitrogens with zero attached hydrogens (tertiary/aromatic N) is 2. The van der Waals surface area contributed by atoms with Gasteiger partial charge in [-0.2, -0.15) is 4.98 Å². The lowest BCUT2D eigenvalue weighted by molar-refractivity contribution is -0.114. The van der Waals surface area contributed by atoms with Crippen LogP contribution >= 0.6 is 0 Å². The summed E-state index contributed by atoms with van der Waals surface area (Å²) >= 11 is 0. The molecule has 74 valence electrons. The summed E-state index contributed by atoms with van der Waals surface area (Å²) in [5.41, 5.74) is 5.26. The van der Waals surface area contributed by atoms with Crippen LogP contribution in [0.3, 0.4) is 0 Å². The lowest BCUT2D eigenvalue weighted by Gasteiger charge is -2.18. The number of anilines is 3. The van der Waals surface area contributed by atoms with Gasteiger partial charge in [0, 0.05) is 7.05 Å². The fourth-order valence-corrected chi connectivity index (χ4v) is 1.21. The fourth-order valence-electron chi connectivity index (χ4n) is 1.21. The minimum atomic E-state index is -0.368. The van der Waals surface area contributed by atoms with Crippen molar-refractivity contribution in [1.29, 1.82) is 0 Å². The van der Waals surface area contributed by atoms with Crippen LogP contribution in [0.5, 0.6) is 0 Å². The van der Waals surface area contributed by atoms with E-state index in [1.165, 1.54) is 11.6 Å². The second kappa shape index (κ2) is 2.72. The first-order chi connectivity index (χ1) is 6.59. The van der Waals surface area contributed by atoms with Crippen molar-refractivity contribution in [3.63, 3.8) is 0 Å². The Morgan fingerprint density at radius 1 is 1.50 bits per heavy atom. The Balaban J connectivity index is 2.67. The van der Waals surface area contributed by atoms with E-state index in [2.05, 4.69) is 15.6 Å². The number of hydrogen-bond donors (Lipinski definition) is 3. The summed E-state index contributed by atoms with van der Waals surface area (Å²) in [4.78, 5) is 26.5. The first-order valence-electron chi connectivity index (χ1n) is 4.00. The molecule has 0 radical (unpaired) electrons. The number of nitrogens with one attached hydrogen (secondary N) is 2. The number of carbonyl (C=O) groups excluding carboxylic acids is 1. The third-order valence-corrected chi connectivity index (χ3v) is 2.01. The molecule has 1 aliphatic rings. The Morgan fingerprint density at radius 3 is 2.93 bits per heavy atom. The Morgan fingerprint density at radius 2 is 2.21 bits per heavy atom. The monoisotopic (exact) mass is 195 g/mol. The van der Waals surface area contributed by atoms with Gasteiger partial charge < -0.3 is 16.4 Å². The zero-order valence-corrected chi connectivity index (χ0v) is 7.50. The van der Waals surface area contributed by atoms with Crippen LogP contribution in [-0.4, -0.2) is 22.0 Å². The standard InChI is InChI=1S/C7H9N5O2/c1-12-6(14)4-5(11-7(12)8)9-2-3(13)10-4/h9H,2H2,1H3,(H2,8,11)(H,10,13). The summed E-state index contributed by atoms with van der Waals surface area (Å²) in [5, 5.41) is 5.15. The normalized spacial score (nSPS) is 14.2. The van der Waals surface area contributed by atoms with E-state index in [1.54, 1.807) is 0 Å². The number of nitrogen functional groups attached to an aromatic ring is 1. The van der Waals surface area contributed by atoms with Crippen LogP contribution in [0.15, 0.2) is 4.79 Å². The molecular formula is C7H9N5O2. The van der Waals surface area contributed by atoms with Gasteiger partial charge in [-0.15, -0.1) is 0 Å². The SMILES string of the molecule is Cn1c(N)nc2c(c1=O)NC(=O)CN2. The van der Waals surface area contributed by atoms with Crippen LogP contribution in [0.25, 0.3) is 0 Å². The highest BCUT2D eigenvalue weighted by Crippen LogP contribution is 2.17. The van der Waals surface area contributed by atoms with E-state index in [-0.39, 0.29) is 29.6 Å². The second-order valence-corrected chi connectivity index (χ2v) is 2.96. The van der Waals surface area contributed by atoms with Gasteiger partial charge >= 0.3 is 0 Å². The molecule has 1 aliphatic heterocycles. The summed E-state index contributed by atoms with van der Waals surface area (Å²) in [7, 11) is 1.49. The molecule has 0 saturated heterocycles. The smallest absolute Gasteiger partial charge is 0.280 e. The summed E-state index contributed by atoms with van der Waals surface area (Å²) in [6.07, 6.45) is 0. The predicted octanol–water partition coefficient (Wildman–Crippen LogP) is -1.27. The quantitative estimate of drug-likeness (QED) is 0.479. The minimum absolute atomic E-state index is 0.104. The molecule has 0 aromatic carbocycles. The Labute approximate surface area is 78.9 Å². The first kappa shape index (κ1) is 8.54. The molecule has 0 atom stereocenters. The second-order valence-electron chi connectivity index (χ2n) is 2.96. The average Bonchev–Trinajstić information content (AvgIpc) is 2.16. The van der Waals surface area contributed by atoms with Gasteiger partial charge in [0.05, 0.1) is 6.54 Å². The van der Waals surface area contributed by atoms with Gasteiger partial charge in [-0.1, -0.05) is 0 Å². The van der Waals surface area contributed by atoms with E-state index in [4.69, 9.17) is 5.73 Å². The third kappa shape index (κ3) is 1.10. The molecule has 7 heteroatoms. The molecular weight excluding hydrogens is 186 g/mol. The average molecular weight is 195 g/mol. The lowest BCUT2D eigenvalue weighted by atomic mass is 10.3. The predicted molar refractivity (Wildman–Crippen MR) is 51.0 cm³/mol. The molecule has 1 aromatic heterocycles. The highest BCUT2D eigenvalue weighted by molar-refractivity contribution is 5.99. The number of nitrogens with two attached hydrogens (primary N) is 1. The van der Waals surface area contributed by atoms with Crippen molar-refractivity contribution in [3.05, 3.63) is 10.4 Å². The molecule has 2 rings (SSSR count). The van der Waals surface area contributed by atoms with E-state index in [1.807, 2.05) is 0 Å². The van der Waals surface area contributed by atoms with Gasteiger partial charge in [0.25, 0.3) is 5.56 Å². The van der Waals surface area contributed by atoms with Gasteiger partial charge in [0.15, 0.2) is 11.5 Å². The molecule has 0 unspecified atom stereocenters. The highest BCUT2D eigenvalue weighted by Gasteiger charge is 2.20. The van der Waals surface area contributed by atoms with E-state index in [0.29, 0.717) is 5.82 Å². The van der Waals surface area contributed by atoms with Crippen molar-refractivity contribution < 1.29 is 4.79 Å². The Hall–Kier alpha value is -2.05. The maximum atomic E-state index is 11.6. The van der Waals surface area contributed by atoms with Crippen LogP contribution in [0.4, 0.5) is 17.5 Å². The van der Waals surface area contributed by atoms with Gasteiger partial charge in [0.2, 0.25) is 11.9 Å². The molecule has 0 aliphatic carbocycles. The molecule has 0 fully saturated rings. The zero-order valence-electron chi connectivity index (χ0n) is 7.50. The number of hydrogen-bond acceptors (Lipinski definition) is 5. The molecule has 4 N–H and O–H groups in total. The van der Waals surface area contributed by atoms with E-state index < -0.39 is 0 Å². The van der Waals surface area contributed by atoms with Crippen LogP contribution in [-0.2, 0) is 11.8 Å². The van der Waals surface area contributed by atoms with Crippen LogP contribution < -0.4 is 21.9 Å². The fraction of sp³-hybridized carbons (Fsp3) is 0.286. The van der Waals surface area contributed by atoms with Gasteiger partial charge in [0.1, 0.15) is 0 Å². The highest BCUT2D eigenvalue weighted by atomic mass is 16.2. The van der Waals surface area contributed by atoms with Crippen molar-refractivity contribution in [2.75, 3.05) is 22.9 Å². The van der Waals surface area contributed by atoms with Crippen LogP contribution in [0, 0.1) is 0 Å². The number of rotatable bonds is 0. The topological polar surface area (TPSA) is 102 Å². The van der Waals surface area contributed by atoms with Crippen molar-refractivity contribution >= 4 is 23.4 Å². The summed E-state index contributed by atoms with van der Waals surface area (Å²) in [6, 6.07) is 0. The van der Waals surface area contributed by atoms with Gasteiger partial charge in [-0.25, -0.2) is 0 Å². The van der Waals surface area contributed by atoms with Crippen molar-refractivity contribution in [2.24, 2.45) is 7.05 Å². The summed E-state index contributed by atoms with van der Waals surface area (Å²) in [5.74, 6) is 0.170. The van der Waals surface area contributed by atoms with Crippen molar-refractivity contribution in [1.82, 2.24) is 9.55 Å². The van der Waals surface area contributed by atoms with Crippen LogP contribution in [0.2, 0.25) is 0 Å². The first-order valence-corrected chi connectivity index (χ1v) is 4.00. The number of aromatic nitrogens is 2. The largest absolute Gasteiger partial charge is 0.369 e. The van der Waals surface area contributed by atoms with Crippen molar-refractivity contribution in [3.8, 4) is 0 Å². The van der Waals surface area contributed by atoms with E-state index in [0.717, 1.165) is 0 Å². The number of carbonyl (C=O) groups is 1. The molecule has 0 saturated carbocycles. The molecule has 2 heterocycles. The van der Waals surface area contributed by atoms with E-state index in [9.17, 15) is 9.59 Å². The van der Waals surface area contributed by atoms with E-state index >= 15 is 0 Å². The Bertz CT molecular complexity index is 464. The minimum Gasteiger partial charge on any atom is -0.369 e. The molecule has 1 amide bonds. The molecule has 14 heavy (non-hydrogen) atoms. The summed E-state index contributed by atoms with van der Waals surface area (Å²) < 4.78 is 1.17. The van der Waals surface area contributed by atoms with Crippen LogP contribution in [0.1, 0.15) is 0 Å². The summed E-state index contributed by atoms with van der Waals surface area (Å²) in [6.45, 7) is 0.104. The zero-order chi connectivity index (χ0) is 10.3. The molecule has 1 aromatic rings. The van der Waals surface area contributed by atoms with Crippen molar-refractivity contribution in [2.45, 2.75) is 0 Å². The maximum Gasteiger partial charge on any atom is 0.280 e. The Kier molecular flexibility index (Phi) is 1.66. The lowest BCUT2D eigenvalue weighted by Crippen LogP contribution is -2.35. The third-order valence-electron chi connectivity index (χ3n) is 2.01. The number of fused-ring (bicyclic) bond motifs is 1. The maximum absolute atomic E-state index is 11.6. The molecule has 0 bridgehead atoms. The van der Waals surface area contributed by atoms with Gasteiger partial charge in [-0.3, -0.25) is 14.2 Å². The number of amides is 1. The molecule has 7 nitrogen and oxygen atoms in total.